The Hall–Kier alpha value is -1.89. The highest BCUT2D eigenvalue weighted by molar-refractivity contribution is 5.77. The number of halogens is 2. The molecule has 0 spiro atoms. The lowest BCUT2D eigenvalue weighted by Gasteiger charge is -2.22. The van der Waals surface area contributed by atoms with E-state index < -0.39 is 23.4 Å². The highest BCUT2D eigenvalue weighted by atomic mass is 19.3. The monoisotopic (exact) mass is 289 g/mol. The summed E-state index contributed by atoms with van der Waals surface area (Å²) in [5.41, 5.74) is 4.87. The van der Waals surface area contributed by atoms with E-state index in [0.717, 1.165) is 6.07 Å². The molecule has 0 aromatic heterocycles. The van der Waals surface area contributed by atoms with Crippen LogP contribution in [0.1, 0.15) is 24.0 Å². The van der Waals surface area contributed by atoms with Crippen molar-refractivity contribution in [3.05, 3.63) is 23.3 Å². The van der Waals surface area contributed by atoms with Gasteiger partial charge in [0, 0.05) is 19.0 Å². The average molecular weight is 289 g/mol. The van der Waals surface area contributed by atoms with E-state index in [1.807, 2.05) is 0 Å². The number of aliphatic carboxylic acids is 1. The minimum Gasteiger partial charge on any atom is -0.493 e. The summed E-state index contributed by atoms with van der Waals surface area (Å²) in [5, 5.41) is 9.11. The number of alkyl halides is 2. The summed E-state index contributed by atoms with van der Waals surface area (Å²) < 4.78 is 37.4. The molecule has 7 heteroatoms. The number of benzene rings is 1. The minimum absolute atomic E-state index is 0.0786. The summed E-state index contributed by atoms with van der Waals surface area (Å²) in [6.45, 7) is 0.390. The first-order chi connectivity index (χ1) is 9.26. The molecule has 0 radical (unpaired) electrons. The van der Waals surface area contributed by atoms with Crippen molar-refractivity contribution in [2.75, 3.05) is 20.8 Å². The van der Waals surface area contributed by atoms with Crippen LogP contribution >= 0.6 is 0 Å². The molecule has 1 aromatic carbocycles. The number of carboxylic acids is 1. The Kier molecular flexibility index (Phi) is 4.88. The third kappa shape index (κ3) is 3.16. The molecule has 1 aromatic rings. The third-order valence-corrected chi connectivity index (χ3v) is 2.94. The Balaban J connectivity index is 3.58. The molecule has 20 heavy (non-hydrogen) atoms. The van der Waals surface area contributed by atoms with Gasteiger partial charge in [-0.3, -0.25) is 4.79 Å². The quantitative estimate of drug-likeness (QED) is 0.836. The molecule has 0 aliphatic heterocycles. The second kappa shape index (κ2) is 6.04. The number of methoxy groups -OCH3 is 2. The summed E-state index contributed by atoms with van der Waals surface area (Å²) in [6, 6.07) is 2.32. The van der Waals surface area contributed by atoms with Crippen LogP contribution in [0, 0.1) is 0 Å². The molecule has 0 saturated heterocycles. The van der Waals surface area contributed by atoms with Crippen LogP contribution in [0.4, 0.5) is 8.78 Å². The van der Waals surface area contributed by atoms with Crippen LogP contribution in [-0.2, 0) is 10.7 Å². The van der Waals surface area contributed by atoms with E-state index in [1.54, 1.807) is 0 Å². The van der Waals surface area contributed by atoms with Crippen LogP contribution in [-0.4, -0.2) is 31.8 Å². The van der Waals surface area contributed by atoms with Crippen LogP contribution in [0.2, 0.25) is 0 Å². The van der Waals surface area contributed by atoms with Gasteiger partial charge in [-0.25, -0.2) is 8.78 Å². The number of nitrogens with two attached hydrogens (primary N) is 1. The van der Waals surface area contributed by atoms with Crippen LogP contribution < -0.4 is 15.2 Å². The molecule has 0 aliphatic carbocycles. The molecule has 0 bridgehead atoms. The molecule has 1 rings (SSSR count). The van der Waals surface area contributed by atoms with E-state index in [1.165, 1.54) is 20.3 Å². The van der Waals surface area contributed by atoms with Gasteiger partial charge in [-0.15, -0.1) is 0 Å². The average Bonchev–Trinajstić information content (AvgIpc) is 2.37. The summed E-state index contributed by atoms with van der Waals surface area (Å²) in [5.74, 6) is -5.46. The number of hydrogen-bond acceptors (Lipinski definition) is 4. The lowest BCUT2D eigenvalue weighted by Crippen LogP contribution is -2.25. The van der Waals surface area contributed by atoms with E-state index in [4.69, 9.17) is 20.3 Å². The van der Waals surface area contributed by atoms with Crippen molar-refractivity contribution >= 4 is 5.97 Å². The van der Waals surface area contributed by atoms with Crippen molar-refractivity contribution in [3.8, 4) is 11.5 Å². The molecular weight excluding hydrogens is 272 g/mol. The molecule has 0 fully saturated rings. The SMILES string of the molecule is COc1cc(C(CN)C(=O)O)c(C(C)(F)F)cc1OC. The number of hydrogen-bond donors (Lipinski definition) is 2. The van der Waals surface area contributed by atoms with E-state index in [2.05, 4.69) is 0 Å². The first-order valence-corrected chi connectivity index (χ1v) is 5.83. The van der Waals surface area contributed by atoms with Crippen LogP contribution in [0.25, 0.3) is 0 Å². The maximum Gasteiger partial charge on any atom is 0.312 e. The van der Waals surface area contributed by atoms with E-state index in [9.17, 15) is 13.6 Å². The maximum atomic E-state index is 13.7. The molecule has 0 aliphatic rings. The van der Waals surface area contributed by atoms with Gasteiger partial charge >= 0.3 is 5.97 Å². The lowest BCUT2D eigenvalue weighted by molar-refractivity contribution is -0.138. The summed E-state index contributed by atoms with van der Waals surface area (Å²) in [6.07, 6.45) is 0. The zero-order valence-corrected chi connectivity index (χ0v) is 11.4. The third-order valence-electron chi connectivity index (χ3n) is 2.94. The zero-order valence-electron chi connectivity index (χ0n) is 11.4. The Labute approximate surface area is 115 Å². The summed E-state index contributed by atoms with van der Waals surface area (Å²) in [4.78, 5) is 11.2. The number of carboxylic acid groups (broad SMARTS) is 1. The van der Waals surface area contributed by atoms with Gasteiger partial charge < -0.3 is 20.3 Å². The largest absolute Gasteiger partial charge is 0.493 e. The fourth-order valence-electron chi connectivity index (χ4n) is 1.92. The first-order valence-electron chi connectivity index (χ1n) is 5.83. The smallest absolute Gasteiger partial charge is 0.312 e. The Morgan fingerprint density at radius 3 is 2.20 bits per heavy atom. The van der Waals surface area contributed by atoms with Crippen molar-refractivity contribution < 1.29 is 28.2 Å². The Morgan fingerprint density at radius 2 is 1.85 bits per heavy atom. The van der Waals surface area contributed by atoms with Gasteiger partial charge in [-0.05, 0) is 17.7 Å². The zero-order chi connectivity index (χ0) is 15.5. The molecular formula is C13H17F2NO4. The molecule has 3 N–H and O–H groups in total. The highest BCUT2D eigenvalue weighted by Crippen LogP contribution is 2.40. The van der Waals surface area contributed by atoms with Crippen LogP contribution in [0.3, 0.4) is 0 Å². The summed E-state index contributed by atoms with van der Waals surface area (Å²) >= 11 is 0. The number of ether oxygens (including phenoxy) is 2. The van der Waals surface area contributed by atoms with Crippen molar-refractivity contribution in [2.24, 2.45) is 5.73 Å². The predicted molar refractivity (Wildman–Crippen MR) is 68.5 cm³/mol. The summed E-state index contributed by atoms with van der Waals surface area (Å²) in [7, 11) is 2.65. The van der Waals surface area contributed by atoms with Gasteiger partial charge in [0.15, 0.2) is 11.5 Å². The topological polar surface area (TPSA) is 81.8 Å². The van der Waals surface area contributed by atoms with Gasteiger partial charge in [-0.2, -0.15) is 0 Å². The fourth-order valence-corrected chi connectivity index (χ4v) is 1.92. The number of rotatable bonds is 6. The molecule has 112 valence electrons. The van der Waals surface area contributed by atoms with Crippen molar-refractivity contribution in [1.29, 1.82) is 0 Å². The number of carbonyl (C=O) groups is 1. The second-order valence-corrected chi connectivity index (χ2v) is 4.31. The van der Waals surface area contributed by atoms with Gasteiger partial charge in [0.25, 0.3) is 5.92 Å². The van der Waals surface area contributed by atoms with Crippen LogP contribution in [0.15, 0.2) is 12.1 Å². The van der Waals surface area contributed by atoms with Crippen molar-refractivity contribution in [1.82, 2.24) is 0 Å². The normalized spacial score (nSPS) is 12.9. The lowest BCUT2D eigenvalue weighted by atomic mass is 9.91. The van der Waals surface area contributed by atoms with E-state index >= 15 is 0 Å². The van der Waals surface area contributed by atoms with E-state index in [0.29, 0.717) is 6.92 Å². The second-order valence-electron chi connectivity index (χ2n) is 4.31. The molecule has 1 atom stereocenters. The van der Waals surface area contributed by atoms with Crippen molar-refractivity contribution in [2.45, 2.75) is 18.8 Å². The van der Waals surface area contributed by atoms with Gasteiger partial charge in [0.05, 0.1) is 20.1 Å². The standard InChI is InChI=1S/C13H17F2NO4/c1-13(14,15)9-5-11(20-3)10(19-2)4-7(9)8(6-16)12(17)18/h4-5,8H,6,16H2,1-3H3,(H,17,18). The molecule has 5 nitrogen and oxygen atoms in total. The highest BCUT2D eigenvalue weighted by Gasteiger charge is 2.34. The maximum absolute atomic E-state index is 13.7. The molecule has 0 heterocycles. The molecule has 0 saturated carbocycles. The van der Waals surface area contributed by atoms with Gasteiger partial charge in [0.1, 0.15) is 0 Å². The van der Waals surface area contributed by atoms with Crippen molar-refractivity contribution in [3.63, 3.8) is 0 Å². The molecule has 1 unspecified atom stereocenters. The van der Waals surface area contributed by atoms with Crippen LogP contribution in [0.5, 0.6) is 11.5 Å². The van der Waals surface area contributed by atoms with Gasteiger partial charge in [-0.1, -0.05) is 0 Å². The fraction of sp³-hybridized carbons (Fsp3) is 0.462. The predicted octanol–water partition coefficient (Wildman–Crippen LogP) is 1.94. The molecule has 0 amide bonds. The van der Waals surface area contributed by atoms with E-state index in [-0.39, 0.29) is 23.6 Å². The minimum atomic E-state index is -3.22. The Morgan fingerprint density at radius 1 is 1.35 bits per heavy atom. The first kappa shape index (κ1) is 16.2. The van der Waals surface area contributed by atoms with Gasteiger partial charge in [0.2, 0.25) is 0 Å². The Bertz CT molecular complexity index is 500.